The summed E-state index contributed by atoms with van der Waals surface area (Å²) in [4.78, 5) is 10.4. The fourth-order valence-corrected chi connectivity index (χ4v) is 7.75. The number of nitrogens with zero attached hydrogens (tertiary/aromatic N) is 2. The van der Waals surface area contributed by atoms with Gasteiger partial charge >= 0.3 is 0 Å². The molecule has 0 saturated heterocycles. The number of hydrogen-bond donors (Lipinski definition) is 0. The van der Waals surface area contributed by atoms with E-state index in [-0.39, 0.29) is 0 Å². The Hall–Kier alpha value is -7.42. The Labute approximate surface area is 327 Å². The van der Waals surface area contributed by atoms with Crippen molar-refractivity contribution >= 4 is 21.8 Å². The first kappa shape index (κ1) is 33.2. The Bertz CT molecular complexity index is 2750. The van der Waals surface area contributed by atoms with Crippen LogP contribution in [0.4, 0.5) is 0 Å². The van der Waals surface area contributed by atoms with E-state index < -0.39 is 0 Å². The highest BCUT2D eigenvalue weighted by Crippen LogP contribution is 2.38. The van der Waals surface area contributed by atoms with E-state index in [0.717, 1.165) is 77.7 Å². The van der Waals surface area contributed by atoms with Gasteiger partial charge in [0.15, 0.2) is 0 Å². The van der Waals surface area contributed by atoms with Gasteiger partial charge in [0, 0.05) is 21.9 Å². The third-order valence-electron chi connectivity index (χ3n) is 10.7. The maximum atomic E-state index is 5.22. The van der Waals surface area contributed by atoms with Crippen molar-refractivity contribution in [1.82, 2.24) is 9.97 Å². The molecule has 0 amide bonds. The van der Waals surface area contributed by atoms with Gasteiger partial charge in [-0.3, -0.25) is 0 Å². The third kappa shape index (κ3) is 6.44. The molecule has 0 aliphatic carbocycles. The van der Waals surface area contributed by atoms with Crippen LogP contribution in [0, 0.1) is 0 Å². The first-order valence-corrected chi connectivity index (χ1v) is 19.1. The second-order valence-electron chi connectivity index (χ2n) is 14.2. The molecule has 8 aromatic carbocycles. The summed E-state index contributed by atoms with van der Waals surface area (Å²) >= 11 is 0. The average molecular weight is 713 g/mol. The molecule has 2 heteroatoms. The van der Waals surface area contributed by atoms with Crippen LogP contribution in [-0.4, -0.2) is 9.97 Å². The highest BCUT2D eigenvalue weighted by atomic mass is 14.7. The van der Waals surface area contributed by atoms with Gasteiger partial charge in [0.05, 0.1) is 22.4 Å². The number of pyridine rings is 2. The van der Waals surface area contributed by atoms with Crippen LogP contribution in [-0.2, 0) is 0 Å². The summed E-state index contributed by atoms with van der Waals surface area (Å²) < 4.78 is 0. The van der Waals surface area contributed by atoms with E-state index in [9.17, 15) is 0 Å². The molecule has 2 heterocycles. The lowest BCUT2D eigenvalue weighted by molar-refractivity contribution is 1.39. The molecule has 0 unspecified atom stereocenters. The molecule has 0 aliphatic heterocycles. The van der Waals surface area contributed by atoms with Gasteiger partial charge in [-0.1, -0.05) is 182 Å². The summed E-state index contributed by atoms with van der Waals surface area (Å²) in [5.74, 6) is 0. The zero-order chi connectivity index (χ0) is 37.3. The van der Waals surface area contributed by atoms with Crippen LogP contribution < -0.4 is 0 Å². The zero-order valence-electron chi connectivity index (χ0n) is 30.7. The highest BCUT2D eigenvalue weighted by Gasteiger charge is 2.15. The molecule has 0 bridgehead atoms. The van der Waals surface area contributed by atoms with Gasteiger partial charge in [-0.15, -0.1) is 0 Å². The molecular weight excluding hydrogens is 677 g/mol. The minimum Gasteiger partial charge on any atom is -0.248 e. The minimum absolute atomic E-state index is 0.957. The predicted octanol–water partition coefficient (Wildman–Crippen LogP) is 14.5. The summed E-state index contributed by atoms with van der Waals surface area (Å²) in [5, 5.41) is 2.24. The number of aromatic nitrogens is 2. The maximum Gasteiger partial charge on any atom is 0.0716 e. The van der Waals surface area contributed by atoms with Crippen LogP contribution in [0.5, 0.6) is 0 Å². The second kappa shape index (κ2) is 14.4. The van der Waals surface area contributed by atoms with E-state index in [2.05, 4.69) is 218 Å². The molecule has 0 N–H and O–H groups in total. The number of fused-ring (bicyclic) bond motifs is 2. The van der Waals surface area contributed by atoms with Crippen molar-refractivity contribution in [3.63, 3.8) is 0 Å². The fourth-order valence-electron chi connectivity index (χ4n) is 7.75. The standard InChI is InChI=1S/C54H36N2/c1-5-13-37(14-6-1)39-21-25-43(26-22-39)53-35-47(41-17-9-3-10-18-41)49-33-45(29-31-51(49)55-53)46-30-32-52-50(34-46)48(42-19-11-4-12-20-42)36-54(56-52)44-27-23-40(24-28-44)38-15-7-2-8-16-38/h1-36H. The average Bonchev–Trinajstić information content (AvgIpc) is 3.29. The summed E-state index contributed by atoms with van der Waals surface area (Å²) in [5.41, 5.74) is 17.8. The first-order valence-electron chi connectivity index (χ1n) is 19.1. The first-order chi connectivity index (χ1) is 27.7. The summed E-state index contributed by atoms with van der Waals surface area (Å²) in [6, 6.07) is 77.6. The maximum absolute atomic E-state index is 5.22. The molecular formula is C54H36N2. The summed E-state index contributed by atoms with van der Waals surface area (Å²) in [6.07, 6.45) is 0. The number of rotatable bonds is 7. The van der Waals surface area contributed by atoms with E-state index in [1.54, 1.807) is 0 Å². The van der Waals surface area contributed by atoms with Crippen molar-refractivity contribution in [3.8, 4) is 78.1 Å². The monoisotopic (exact) mass is 712 g/mol. The van der Waals surface area contributed by atoms with Crippen LogP contribution in [0.2, 0.25) is 0 Å². The van der Waals surface area contributed by atoms with Crippen LogP contribution in [0.3, 0.4) is 0 Å². The van der Waals surface area contributed by atoms with Crippen molar-refractivity contribution < 1.29 is 0 Å². The van der Waals surface area contributed by atoms with Gasteiger partial charge in [0.25, 0.3) is 0 Å². The summed E-state index contributed by atoms with van der Waals surface area (Å²) in [6.45, 7) is 0. The topological polar surface area (TPSA) is 25.8 Å². The van der Waals surface area contributed by atoms with Crippen molar-refractivity contribution in [2.24, 2.45) is 0 Å². The number of benzene rings is 8. The molecule has 10 rings (SSSR count). The zero-order valence-corrected chi connectivity index (χ0v) is 30.7. The van der Waals surface area contributed by atoms with E-state index in [1.165, 1.54) is 22.3 Å². The lowest BCUT2D eigenvalue weighted by Gasteiger charge is -2.14. The van der Waals surface area contributed by atoms with E-state index in [0.29, 0.717) is 0 Å². The molecule has 10 aromatic rings. The predicted molar refractivity (Wildman–Crippen MR) is 235 cm³/mol. The van der Waals surface area contributed by atoms with Crippen molar-refractivity contribution in [3.05, 3.63) is 218 Å². The molecule has 0 fully saturated rings. The SMILES string of the molecule is c1ccc(-c2ccc(-c3cc(-c4ccccc4)c4cc(-c5ccc6nc(-c7ccc(-c8ccccc8)cc7)cc(-c7ccccc7)c6c5)ccc4n3)cc2)cc1. The van der Waals surface area contributed by atoms with E-state index in [1.807, 2.05) is 0 Å². The van der Waals surface area contributed by atoms with Gasteiger partial charge in [-0.05, 0) is 92.0 Å². The van der Waals surface area contributed by atoms with Crippen LogP contribution in [0.15, 0.2) is 218 Å². The lowest BCUT2D eigenvalue weighted by Crippen LogP contribution is -1.92. The molecule has 0 atom stereocenters. The number of hydrogen-bond acceptors (Lipinski definition) is 2. The van der Waals surface area contributed by atoms with E-state index in [4.69, 9.17) is 9.97 Å². The smallest absolute Gasteiger partial charge is 0.0716 e. The Balaban J connectivity index is 1.07. The lowest BCUT2D eigenvalue weighted by atomic mass is 9.93. The molecule has 0 spiro atoms. The van der Waals surface area contributed by atoms with Gasteiger partial charge in [-0.25, -0.2) is 9.97 Å². The van der Waals surface area contributed by atoms with Crippen molar-refractivity contribution in [2.45, 2.75) is 0 Å². The Morgan fingerprint density at radius 3 is 0.857 bits per heavy atom. The molecule has 56 heavy (non-hydrogen) atoms. The van der Waals surface area contributed by atoms with Crippen LogP contribution >= 0.6 is 0 Å². The molecule has 0 radical (unpaired) electrons. The largest absolute Gasteiger partial charge is 0.248 e. The molecule has 2 nitrogen and oxygen atoms in total. The summed E-state index contributed by atoms with van der Waals surface area (Å²) in [7, 11) is 0. The van der Waals surface area contributed by atoms with Crippen LogP contribution in [0.25, 0.3) is 100.0 Å². The molecule has 2 aromatic heterocycles. The fraction of sp³-hybridized carbons (Fsp3) is 0. The highest BCUT2D eigenvalue weighted by molar-refractivity contribution is 6.02. The van der Waals surface area contributed by atoms with E-state index >= 15 is 0 Å². The normalized spacial score (nSPS) is 11.2. The van der Waals surface area contributed by atoms with Gasteiger partial charge < -0.3 is 0 Å². The van der Waals surface area contributed by atoms with Gasteiger partial charge in [0.2, 0.25) is 0 Å². The van der Waals surface area contributed by atoms with Gasteiger partial charge in [-0.2, -0.15) is 0 Å². The quantitative estimate of drug-likeness (QED) is 0.164. The van der Waals surface area contributed by atoms with Crippen LogP contribution in [0.1, 0.15) is 0 Å². The molecule has 262 valence electrons. The van der Waals surface area contributed by atoms with Gasteiger partial charge in [0.1, 0.15) is 0 Å². The third-order valence-corrected chi connectivity index (χ3v) is 10.7. The Kier molecular flexibility index (Phi) is 8.55. The Morgan fingerprint density at radius 2 is 0.500 bits per heavy atom. The molecule has 0 saturated carbocycles. The Morgan fingerprint density at radius 1 is 0.214 bits per heavy atom. The molecule has 0 aliphatic rings. The van der Waals surface area contributed by atoms with Crippen molar-refractivity contribution in [2.75, 3.05) is 0 Å². The minimum atomic E-state index is 0.957. The second-order valence-corrected chi connectivity index (χ2v) is 14.2. The van der Waals surface area contributed by atoms with Crippen molar-refractivity contribution in [1.29, 1.82) is 0 Å².